The van der Waals surface area contributed by atoms with Crippen LogP contribution in [0.4, 0.5) is 0 Å². The fourth-order valence-electron chi connectivity index (χ4n) is 2.28. The van der Waals surface area contributed by atoms with Gasteiger partial charge in [0.2, 0.25) is 0 Å². The zero-order valence-corrected chi connectivity index (χ0v) is 13.1. The van der Waals surface area contributed by atoms with Crippen molar-refractivity contribution in [3.63, 3.8) is 0 Å². The van der Waals surface area contributed by atoms with Crippen LogP contribution in [0.1, 0.15) is 21.7 Å². The predicted molar refractivity (Wildman–Crippen MR) is 82.5 cm³/mol. The second kappa shape index (κ2) is 6.40. The molecular formula is C13H18ClNOS2. The Morgan fingerprint density at radius 2 is 2.28 bits per heavy atom. The average Bonchev–Trinajstić information content (AvgIpc) is 2.67. The molecule has 0 aliphatic carbocycles. The number of hydrogen-bond donors (Lipinski definition) is 0. The highest BCUT2D eigenvalue weighted by Gasteiger charge is 2.19. The number of halogens is 1. The maximum Gasteiger partial charge on any atom is 0.179 e. The molecule has 2 nitrogen and oxygen atoms in total. The van der Waals surface area contributed by atoms with Gasteiger partial charge < -0.3 is 4.57 Å². The van der Waals surface area contributed by atoms with E-state index in [0.29, 0.717) is 5.25 Å². The van der Waals surface area contributed by atoms with Crippen molar-refractivity contribution in [1.82, 2.24) is 4.57 Å². The smallest absolute Gasteiger partial charge is 0.179 e. The summed E-state index contributed by atoms with van der Waals surface area (Å²) < 4.78 is 2.27. The molecule has 1 fully saturated rings. The van der Waals surface area contributed by atoms with E-state index in [1.165, 1.54) is 17.3 Å². The van der Waals surface area contributed by atoms with E-state index in [-0.39, 0.29) is 11.7 Å². The molecule has 0 saturated carbocycles. The van der Waals surface area contributed by atoms with Crippen molar-refractivity contribution in [3.05, 3.63) is 23.0 Å². The number of hydrogen-bond acceptors (Lipinski definition) is 3. The SMILES string of the molecule is Cc1cc(C(=O)CCl)c(C)n1CC1CSCCS1. The lowest BCUT2D eigenvalue weighted by molar-refractivity contribution is 0.102. The molecule has 0 aromatic carbocycles. The number of aryl methyl sites for hydroxylation is 1. The third-order valence-corrected chi connectivity index (χ3v) is 6.34. The topological polar surface area (TPSA) is 22.0 Å². The standard InChI is InChI=1S/C13H18ClNOS2/c1-9-5-12(13(16)6-14)10(2)15(9)7-11-8-17-3-4-18-11/h5,11H,3-4,6-8H2,1-2H3. The van der Waals surface area contributed by atoms with E-state index in [9.17, 15) is 4.79 Å². The molecule has 0 bridgehead atoms. The number of rotatable bonds is 4. The highest BCUT2D eigenvalue weighted by molar-refractivity contribution is 8.06. The Kier molecular flexibility index (Phi) is 5.10. The van der Waals surface area contributed by atoms with Crippen LogP contribution in [0, 0.1) is 13.8 Å². The van der Waals surface area contributed by atoms with Crippen molar-refractivity contribution in [1.29, 1.82) is 0 Å². The van der Waals surface area contributed by atoms with Gasteiger partial charge in [-0.2, -0.15) is 23.5 Å². The molecule has 0 amide bonds. The van der Waals surface area contributed by atoms with E-state index in [0.717, 1.165) is 23.5 Å². The van der Waals surface area contributed by atoms with E-state index in [2.05, 4.69) is 11.5 Å². The zero-order chi connectivity index (χ0) is 13.1. The molecule has 1 aliphatic heterocycles. The first-order valence-electron chi connectivity index (χ1n) is 6.08. The molecule has 100 valence electrons. The summed E-state index contributed by atoms with van der Waals surface area (Å²) in [4.78, 5) is 11.7. The summed E-state index contributed by atoms with van der Waals surface area (Å²) in [6, 6.07) is 1.97. The number of thioether (sulfide) groups is 2. The van der Waals surface area contributed by atoms with Crippen LogP contribution < -0.4 is 0 Å². The summed E-state index contributed by atoms with van der Waals surface area (Å²) in [5, 5.41) is 0.660. The Morgan fingerprint density at radius 3 is 2.89 bits per heavy atom. The lowest BCUT2D eigenvalue weighted by atomic mass is 10.2. The molecule has 1 aromatic heterocycles. The Hall–Kier alpha value is -0.0600. The maximum atomic E-state index is 11.7. The minimum Gasteiger partial charge on any atom is -0.347 e. The zero-order valence-electron chi connectivity index (χ0n) is 10.7. The van der Waals surface area contributed by atoms with Crippen molar-refractivity contribution in [3.8, 4) is 0 Å². The third-order valence-electron chi connectivity index (χ3n) is 3.27. The Bertz CT molecular complexity index is 438. The van der Waals surface area contributed by atoms with Crippen LogP contribution in [0.25, 0.3) is 0 Å². The van der Waals surface area contributed by atoms with E-state index >= 15 is 0 Å². The van der Waals surface area contributed by atoms with Crippen molar-refractivity contribution in [2.75, 3.05) is 23.1 Å². The van der Waals surface area contributed by atoms with Crippen LogP contribution in [0.3, 0.4) is 0 Å². The van der Waals surface area contributed by atoms with Crippen molar-refractivity contribution >= 4 is 40.9 Å². The number of carbonyl (C=O) groups is 1. The van der Waals surface area contributed by atoms with Gasteiger partial charge in [0.05, 0.1) is 5.88 Å². The monoisotopic (exact) mass is 303 g/mol. The van der Waals surface area contributed by atoms with Gasteiger partial charge in [0.15, 0.2) is 5.78 Å². The first-order valence-corrected chi connectivity index (χ1v) is 8.82. The van der Waals surface area contributed by atoms with Crippen molar-refractivity contribution in [2.45, 2.75) is 25.6 Å². The molecule has 5 heteroatoms. The molecule has 1 atom stereocenters. The maximum absolute atomic E-state index is 11.7. The average molecular weight is 304 g/mol. The number of alkyl halides is 1. The van der Waals surface area contributed by atoms with Crippen LogP contribution in [-0.2, 0) is 6.54 Å². The number of Topliss-reactive ketones (excluding diaryl/α,β-unsaturated/α-hetero) is 1. The fraction of sp³-hybridized carbons (Fsp3) is 0.615. The molecule has 0 spiro atoms. The number of aromatic nitrogens is 1. The second-order valence-electron chi connectivity index (χ2n) is 4.52. The molecule has 2 heterocycles. The molecule has 1 aromatic rings. The van der Waals surface area contributed by atoms with Crippen LogP contribution in [0.15, 0.2) is 6.07 Å². The minimum absolute atomic E-state index is 0.0293. The van der Waals surface area contributed by atoms with Crippen LogP contribution >= 0.6 is 35.1 Å². The quantitative estimate of drug-likeness (QED) is 0.629. The van der Waals surface area contributed by atoms with E-state index in [4.69, 9.17) is 11.6 Å². The van der Waals surface area contributed by atoms with Gasteiger partial charge in [-0.15, -0.1) is 11.6 Å². The highest BCUT2D eigenvalue weighted by Crippen LogP contribution is 2.27. The third kappa shape index (κ3) is 3.09. The molecule has 2 rings (SSSR count). The summed E-state index contributed by atoms with van der Waals surface area (Å²) in [5.74, 6) is 3.81. The normalized spacial score (nSPS) is 20.1. The van der Waals surface area contributed by atoms with Crippen LogP contribution in [0.5, 0.6) is 0 Å². The lowest BCUT2D eigenvalue weighted by Crippen LogP contribution is -2.21. The first kappa shape index (κ1) is 14.4. The van der Waals surface area contributed by atoms with E-state index in [1.54, 1.807) is 0 Å². The largest absolute Gasteiger partial charge is 0.347 e. The molecule has 1 saturated heterocycles. The molecule has 1 unspecified atom stereocenters. The molecular weight excluding hydrogens is 286 g/mol. The summed E-state index contributed by atoms with van der Waals surface area (Å²) in [7, 11) is 0. The van der Waals surface area contributed by atoms with Gasteiger partial charge in [-0.1, -0.05) is 0 Å². The summed E-state index contributed by atoms with van der Waals surface area (Å²) in [5.41, 5.74) is 3.02. The highest BCUT2D eigenvalue weighted by atomic mass is 35.5. The lowest BCUT2D eigenvalue weighted by Gasteiger charge is -2.23. The van der Waals surface area contributed by atoms with Gasteiger partial charge in [0.1, 0.15) is 0 Å². The Morgan fingerprint density at radius 1 is 1.50 bits per heavy atom. The molecule has 18 heavy (non-hydrogen) atoms. The number of carbonyl (C=O) groups excluding carboxylic acids is 1. The van der Waals surface area contributed by atoms with Gasteiger partial charge >= 0.3 is 0 Å². The van der Waals surface area contributed by atoms with Gasteiger partial charge in [0.25, 0.3) is 0 Å². The predicted octanol–water partition coefficient (Wildman–Crippen LogP) is 3.38. The summed E-state index contributed by atoms with van der Waals surface area (Å²) in [6.07, 6.45) is 0. The molecule has 0 N–H and O–H groups in total. The van der Waals surface area contributed by atoms with Crippen molar-refractivity contribution < 1.29 is 4.79 Å². The Balaban J connectivity index is 2.17. The van der Waals surface area contributed by atoms with E-state index < -0.39 is 0 Å². The summed E-state index contributed by atoms with van der Waals surface area (Å²) >= 11 is 9.72. The second-order valence-corrected chi connectivity index (χ2v) is 7.35. The van der Waals surface area contributed by atoms with Gasteiger partial charge in [-0.3, -0.25) is 4.79 Å². The van der Waals surface area contributed by atoms with Gasteiger partial charge in [0, 0.05) is 46.0 Å². The number of ketones is 1. The Labute approximate surface area is 122 Å². The summed E-state index contributed by atoms with van der Waals surface area (Å²) in [6.45, 7) is 5.09. The fourth-order valence-corrected chi connectivity index (χ4v) is 5.08. The first-order chi connectivity index (χ1) is 8.63. The minimum atomic E-state index is 0.0293. The van der Waals surface area contributed by atoms with Gasteiger partial charge in [-0.25, -0.2) is 0 Å². The van der Waals surface area contributed by atoms with E-state index in [1.807, 2.05) is 36.5 Å². The van der Waals surface area contributed by atoms with Crippen LogP contribution in [0.2, 0.25) is 0 Å². The number of nitrogens with zero attached hydrogens (tertiary/aromatic N) is 1. The molecule has 1 aliphatic rings. The van der Waals surface area contributed by atoms with Crippen molar-refractivity contribution in [2.24, 2.45) is 0 Å². The molecule has 0 radical (unpaired) electrons. The van der Waals surface area contributed by atoms with Gasteiger partial charge in [-0.05, 0) is 19.9 Å². The van der Waals surface area contributed by atoms with Crippen LogP contribution in [-0.4, -0.2) is 38.7 Å².